The van der Waals surface area contributed by atoms with Gasteiger partial charge in [-0.25, -0.2) is 0 Å². The Morgan fingerprint density at radius 3 is 2.46 bits per heavy atom. The summed E-state index contributed by atoms with van der Waals surface area (Å²) in [6.07, 6.45) is 13.9. The number of unbranched alkanes of at least 4 members (excludes halogenated alkanes) is 5. The Kier molecular flexibility index (Phi) is 9.27. The van der Waals surface area contributed by atoms with Gasteiger partial charge in [0.15, 0.2) is 5.78 Å². The molecule has 24 heavy (non-hydrogen) atoms. The molecule has 4 heteroatoms. The highest BCUT2D eigenvalue weighted by Crippen LogP contribution is 2.29. The highest BCUT2D eigenvalue weighted by Gasteiger charge is 2.35. The van der Waals surface area contributed by atoms with Crippen LogP contribution in [0.25, 0.3) is 0 Å². The molecule has 0 spiro atoms. The van der Waals surface area contributed by atoms with Crippen LogP contribution in [-0.2, 0) is 14.3 Å². The van der Waals surface area contributed by atoms with Gasteiger partial charge in [0.1, 0.15) is 6.10 Å². The normalized spacial score (nSPS) is 20.5. The summed E-state index contributed by atoms with van der Waals surface area (Å²) in [7, 11) is 0. The van der Waals surface area contributed by atoms with Crippen molar-refractivity contribution in [1.82, 2.24) is 0 Å². The van der Waals surface area contributed by atoms with Crippen LogP contribution in [0.1, 0.15) is 85.0 Å². The number of hydrogen-bond donors (Lipinski definition) is 1. The highest BCUT2D eigenvalue weighted by atomic mass is 16.6. The number of aliphatic carboxylic acids is 1. The van der Waals surface area contributed by atoms with Gasteiger partial charge in [-0.2, -0.15) is 0 Å². The molecule has 0 aliphatic carbocycles. The maximum absolute atomic E-state index is 11.6. The fourth-order valence-corrected chi connectivity index (χ4v) is 2.77. The van der Waals surface area contributed by atoms with Gasteiger partial charge in [0, 0.05) is 6.42 Å². The zero-order valence-electron chi connectivity index (χ0n) is 15.6. The van der Waals surface area contributed by atoms with Crippen LogP contribution in [-0.4, -0.2) is 29.1 Å². The van der Waals surface area contributed by atoms with Crippen LogP contribution < -0.4 is 0 Å². The number of allylic oxidation sites excluding steroid dienone is 1. The van der Waals surface area contributed by atoms with Crippen molar-refractivity contribution >= 4 is 11.8 Å². The molecule has 1 fully saturated rings. The number of ketones is 1. The Balaban J connectivity index is 2.01. The second kappa shape index (κ2) is 10.7. The molecule has 0 saturated carbocycles. The number of rotatable bonds is 14. The van der Waals surface area contributed by atoms with Crippen molar-refractivity contribution in [3.63, 3.8) is 0 Å². The molecule has 1 N–H and O–H groups in total. The summed E-state index contributed by atoms with van der Waals surface area (Å²) in [6, 6.07) is 0. The summed E-state index contributed by atoms with van der Waals surface area (Å²) < 4.78 is 5.57. The van der Waals surface area contributed by atoms with Gasteiger partial charge < -0.3 is 9.84 Å². The van der Waals surface area contributed by atoms with Gasteiger partial charge in [-0.1, -0.05) is 45.4 Å². The molecule has 1 rings (SSSR count). The second-order valence-corrected chi connectivity index (χ2v) is 7.56. The molecule has 0 amide bonds. The SMILES string of the molecule is CCCCCC(=O)/C=C/C1OC1CCCCCCC(C)(C)C(=O)O. The first-order valence-electron chi connectivity index (χ1n) is 9.46. The van der Waals surface area contributed by atoms with Crippen molar-refractivity contribution < 1.29 is 19.4 Å². The van der Waals surface area contributed by atoms with E-state index in [2.05, 4.69) is 6.92 Å². The van der Waals surface area contributed by atoms with E-state index in [-0.39, 0.29) is 18.0 Å². The maximum atomic E-state index is 11.6. The predicted octanol–water partition coefficient (Wildman–Crippen LogP) is 4.91. The first kappa shape index (κ1) is 20.9. The molecule has 0 aromatic heterocycles. The summed E-state index contributed by atoms with van der Waals surface area (Å²) in [5.41, 5.74) is -0.612. The highest BCUT2D eigenvalue weighted by molar-refractivity contribution is 5.89. The summed E-state index contributed by atoms with van der Waals surface area (Å²) in [5, 5.41) is 9.06. The van der Waals surface area contributed by atoms with Gasteiger partial charge in [0.25, 0.3) is 0 Å². The van der Waals surface area contributed by atoms with Crippen LogP contribution in [0, 0.1) is 5.41 Å². The van der Waals surface area contributed by atoms with E-state index < -0.39 is 11.4 Å². The lowest BCUT2D eigenvalue weighted by atomic mass is 9.87. The Labute approximate surface area is 146 Å². The molecule has 0 radical (unpaired) electrons. The zero-order valence-corrected chi connectivity index (χ0v) is 15.6. The van der Waals surface area contributed by atoms with E-state index in [0.29, 0.717) is 6.42 Å². The first-order valence-corrected chi connectivity index (χ1v) is 9.46. The molecule has 1 heterocycles. The van der Waals surface area contributed by atoms with Crippen molar-refractivity contribution in [2.24, 2.45) is 5.41 Å². The van der Waals surface area contributed by atoms with Crippen LogP contribution in [0.15, 0.2) is 12.2 Å². The molecule has 1 aliphatic heterocycles. The van der Waals surface area contributed by atoms with Gasteiger partial charge in [-0.15, -0.1) is 0 Å². The third-order valence-corrected chi connectivity index (χ3v) is 4.74. The summed E-state index contributed by atoms with van der Waals surface area (Å²) in [4.78, 5) is 22.6. The summed E-state index contributed by atoms with van der Waals surface area (Å²) in [5.74, 6) is -0.508. The topological polar surface area (TPSA) is 66.9 Å². The van der Waals surface area contributed by atoms with Gasteiger partial charge in [-0.3, -0.25) is 9.59 Å². The first-order chi connectivity index (χ1) is 11.4. The number of carbonyl (C=O) groups excluding carboxylic acids is 1. The number of carboxylic acids is 1. The van der Waals surface area contributed by atoms with E-state index >= 15 is 0 Å². The number of ether oxygens (including phenoxy) is 1. The van der Waals surface area contributed by atoms with E-state index in [4.69, 9.17) is 9.84 Å². The predicted molar refractivity (Wildman–Crippen MR) is 96.1 cm³/mol. The van der Waals surface area contributed by atoms with Crippen molar-refractivity contribution in [3.8, 4) is 0 Å². The third-order valence-electron chi connectivity index (χ3n) is 4.74. The standard InChI is InChI=1S/C20H34O4/c1-4-5-8-11-16(21)13-14-18-17(24-18)12-9-6-7-10-15-20(2,3)19(22)23/h13-14,17-18H,4-12,15H2,1-3H3,(H,22,23)/b14-13+. The minimum absolute atomic E-state index is 0.131. The van der Waals surface area contributed by atoms with Crippen molar-refractivity contribution in [3.05, 3.63) is 12.2 Å². The maximum Gasteiger partial charge on any atom is 0.309 e. The van der Waals surface area contributed by atoms with E-state index in [9.17, 15) is 9.59 Å². The molecular formula is C20H34O4. The molecule has 1 saturated heterocycles. The van der Waals surface area contributed by atoms with E-state index in [1.165, 1.54) is 0 Å². The Morgan fingerprint density at radius 1 is 1.08 bits per heavy atom. The molecular weight excluding hydrogens is 304 g/mol. The third kappa shape index (κ3) is 8.62. The monoisotopic (exact) mass is 338 g/mol. The lowest BCUT2D eigenvalue weighted by molar-refractivity contribution is -0.147. The Hall–Kier alpha value is -1.16. The number of hydrogen-bond acceptors (Lipinski definition) is 3. The van der Waals surface area contributed by atoms with Gasteiger partial charge in [0.05, 0.1) is 11.5 Å². The van der Waals surface area contributed by atoms with Crippen LogP contribution in [0.2, 0.25) is 0 Å². The van der Waals surface area contributed by atoms with Crippen LogP contribution in [0.5, 0.6) is 0 Å². The molecule has 1 aliphatic rings. The van der Waals surface area contributed by atoms with Crippen LogP contribution >= 0.6 is 0 Å². The molecule has 2 unspecified atom stereocenters. The lowest BCUT2D eigenvalue weighted by Gasteiger charge is -2.18. The minimum atomic E-state index is -0.715. The van der Waals surface area contributed by atoms with Crippen molar-refractivity contribution in [2.45, 2.75) is 97.2 Å². The van der Waals surface area contributed by atoms with E-state index in [0.717, 1.165) is 57.8 Å². The van der Waals surface area contributed by atoms with Crippen LogP contribution in [0.4, 0.5) is 0 Å². The fourth-order valence-electron chi connectivity index (χ4n) is 2.77. The molecule has 0 aromatic carbocycles. The largest absolute Gasteiger partial charge is 0.481 e. The number of epoxide rings is 1. The molecule has 138 valence electrons. The quantitative estimate of drug-likeness (QED) is 0.277. The van der Waals surface area contributed by atoms with E-state index in [1.807, 2.05) is 6.08 Å². The Bertz CT molecular complexity index is 425. The van der Waals surface area contributed by atoms with Gasteiger partial charge in [-0.05, 0) is 45.3 Å². The van der Waals surface area contributed by atoms with Crippen molar-refractivity contribution in [2.75, 3.05) is 0 Å². The Morgan fingerprint density at radius 2 is 1.79 bits per heavy atom. The fraction of sp³-hybridized carbons (Fsp3) is 0.800. The smallest absolute Gasteiger partial charge is 0.309 e. The van der Waals surface area contributed by atoms with Crippen LogP contribution in [0.3, 0.4) is 0 Å². The minimum Gasteiger partial charge on any atom is -0.481 e. The van der Waals surface area contributed by atoms with Crippen molar-refractivity contribution in [1.29, 1.82) is 0 Å². The average Bonchev–Trinajstić information content (AvgIpc) is 3.27. The summed E-state index contributed by atoms with van der Waals surface area (Å²) >= 11 is 0. The zero-order chi connectivity index (χ0) is 18.0. The number of carbonyl (C=O) groups is 2. The van der Waals surface area contributed by atoms with E-state index in [1.54, 1.807) is 19.9 Å². The average molecular weight is 338 g/mol. The molecule has 2 atom stereocenters. The lowest BCUT2D eigenvalue weighted by Crippen LogP contribution is -2.23. The molecule has 0 aromatic rings. The second-order valence-electron chi connectivity index (χ2n) is 7.56. The van der Waals surface area contributed by atoms with Gasteiger partial charge >= 0.3 is 5.97 Å². The molecule has 4 nitrogen and oxygen atoms in total. The van der Waals surface area contributed by atoms with Gasteiger partial charge in [0.2, 0.25) is 0 Å². The molecule has 0 bridgehead atoms. The summed E-state index contributed by atoms with van der Waals surface area (Å²) in [6.45, 7) is 5.71. The number of carboxylic acid groups (broad SMARTS) is 1.